The van der Waals surface area contributed by atoms with Crippen LogP contribution in [0.2, 0.25) is 0 Å². The average molecular weight is 531 g/mol. The summed E-state index contributed by atoms with van der Waals surface area (Å²) >= 11 is 1.95. The van der Waals surface area contributed by atoms with Gasteiger partial charge in [0.2, 0.25) is 0 Å². The zero-order valence-electron chi connectivity index (χ0n) is 24.2. The van der Waals surface area contributed by atoms with Crippen molar-refractivity contribution < 1.29 is 0 Å². The molecule has 1 atom stereocenters. The van der Waals surface area contributed by atoms with Gasteiger partial charge in [-0.15, -0.1) is 0 Å². The Morgan fingerprint density at radius 2 is 1.74 bits per heavy atom. The molecule has 0 amide bonds. The molecule has 3 rings (SSSR count). The van der Waals surface area contributed by atoms with Crippen LogP contribution in [-0.2, 0) is 0 Å². The minimum absolute atomic E-state index is 0.0893. The van der Waals surface area contributed by atoms with Crippen LogP contribution >= 0.6 is 11.8 Å². The maximum absolute atomic E-state index is 4.89. The summed E-state index contributed by atoms with van der Waals surface area (Å²) in [6.07, 6.45) is 17.2. The van der Waals surface area contributed by atoms with Crippen LogP contribution in [0.3, 0.4) is 0 Å². The normalized spacial score (nSPS) is 13.0. The molecular formula is C33H46N4S. The fourth-order valence-electron chi connectivity index (χ4n) is 4.28. The lowest BCUT2D eigenvalue weighted by atomic mass is 10.0. The molecule has 3 aromatic rings. The fraction of sp³-hybridized carbons (Fsp3) is 0.424. The van der Waals surface area contributed by atoms with E-state index in [0.29, 0.717) is 0 Å². The van der Waals surface area contributed by atoms with E-state index in [9.17, 15) is 0 Å². The SMILES string of the molecule is CC(C)=CCCC(C)=CCCC(=CCSCC(Nc1cc(C)c[nH]1)c1nc2ccccc2[nH]1)CC=C(C)C. The number of anilines is 1. The molecule has 2 heterocycles. The molecule has 0 aliphatic rings. The summed E-state index contributed by atoms with van der Waals surface area (Å²) in [4.78, 5) is 11.8. The molecule has 0 aliphatic heterocycles. The number of fused-ring (bicyclic) bond motifs is 1. The molecule has 4 nitrogen and oxygen atoms in total. The highest BCUT2D eigenvalue weighted by Crippen LogP contribution is 2.25. The second-order valence-electron chi connectivity index (χ2n) is 10.7. The minimum atomic E-state index is 0.0893. The van der Waals surface area contributed by atoms with Crippen LogP contribution in [0.15, 0.2) is 83.1 Å². The van der Waals surface area contributed by atoms with Crippen LogP contribution in [0.25, 0.3) is 11.0 Å². The fourth-order valence-corrected chi connectivity index (χ4v) is 5.25. The molecule has 1 aromatic carbocycles. The molecule has 0 radical (unpaired) electrons. The Balaban J connectivity index is 1.62. The van der Waals surface area contributed by atoms with Gasteiger partial charge in [-0.05, 0) is 97.4 Å². The first kappa shape index (κ1) is 29.6. The Labute approximate surface area is 234 Å². The minimum Gasteiger partial charge on any atom is -0.361 e. The maximum atomic E-state index is 4.89. The van der Waals surface area contributed by atoms with Gasteiger partial charge in [-0.3, -0.25) is 0 Å². The van der Waals surface area contributed by atoms with Gasteiger partial charge in [0, 0.05) is 17.7 Å². The zero-order valence-corrected chi connectivity index (χ0v) is 25.0. The molecule has 0 fully saturated rings. The Kier molecular flexibility index (Phi) is 12.1. The van der Waals surface area contributed by atoms with Gasteiger partial charge in [0.1, 0.15) is 11.6 Å². The van der Waals surface area contributed by atoms with Crippen molar-refractivity contribution in [3.63, 3.8) is 0 Å². The molecule has 204 valence electrons. The van der Waals surface area contributed by atoms with Gasteiger partial charge in [-0.1, -0.05) is 58.7 Å². The third-order valence-electron chi connectivity index (χ3n) is 6.49. The van der Waals surface area contributed by atoms with Crippen molar-refractivity contribution in [3.8, 4) is 0 Å². The van der Waals surface area contributed by atoms with Crippen molar-refractivity contribution in [1.82, 2.24) is 15.0 Å². The number of aromatic amines is 2. The largest absolute Gasteiger partial charge is 0.361 e. The van der Waals surface area contributed by atoms with Crippen molar-refractivity contribution >= 4 is 28.6 Å². The lowest BCUT2D eigenvalue weighted by Gasteiger charge is -2.16. The number of aromatic nitrogens is 3. The van der Waals surface area contributed by atoms with Gasteiger partial charge in [0.05, 0.1) is 17.1 Å². The second kappa shape index (κ2) is 15.5. The number of aryl methyl sites for hydroxylation is 1. The number of H-pyrrole nitrogens is 2. The first-order chi connectivity index (χ1) is 18.3. The predicted octanol–water partition coefficient (Wildman–Crippen LogP) is 9.84. The smallest absolute Gasteiger partial charge is 0.130 e. The summed E-state index contributed by atoms with van der Waals surface area (Å²) in [5, 5.41) is 3.66. The molecule has 2 aromatic heterocycles. The number of para-hydroxylation sites is 2. The summed E-state index contributed by atoms with van der Waals surface area (Å²) < 4.78 is 0. The number of rotatable bonds is 15. The number of thioether (sulfide) groups is 1. The van der Waals surface area contributed by atoms with Crippen LogP contribution in [0, 0.1) is 6.92 Å². The molecule has 0 saturated carbocycles. The number of nitrogens with zero attached hydrogens (tertiary/aromatic N) is 1. The van der Waals surface area contributed by atoms with E-state index >= 15 is 0 Å². The van der Waals surface area contributed by atoms with Crippen LogP contribution in [-0.4, -0.2) is 26.5 Å². The third kappa shape index (κ3) is 10.4. The molecule has 3 N–H and O–H groups in total. The number of hydrogen-bond acceptors (Lipinski definition) is 3. The maximum Gasteiger partial charge on any atom is 0.130 e. The Bertz CT molecular complexity index is 1230. The summed E-state index contributed by atoms with van der Waals surface area (Å²) in [6, 6.07) is 10.5. The molecule has 0 aliphatic carbocycles. The standard InChI is InChI=1S/C33H46N4S/c1-24(2)11-9-12-26(5)13-10-14-28(18-17-25(3)4)19-20-38-23-31(35-32-21-27(6)22-34-32)33-36-29-15-7-8-16-30(29)37-33/h7-8,11,13,15-17,19,21-22,31,34-35H,9-10,12,14,18,20,23H2,1-6H3,(H,36,37). The number of imidazole rings is 1. The summed E-state index contributed by atoms with van der Waals surface area (Å²) in [5.41, 5.74) is 9.12. The number of allylic oxidation sites excluding steroid dienone is 7. The Morgan fingerprint density at radius 3 is 2.45 bits per heavy atom. The summed E-state index contributed by atoms with van der Waals surface area (Å²) in [7, 11) is 0. The van der Waals surface area contributed by atoms with E-state index in [0.717, 1.165) is 66.3 Å². The van der Waals surface area contributed by atoms with Gasteiger partial charge >= 0.3 is 0 Å². The van der Waals surface area contributed by atoms with E-state index in [2.05, 4.69) is 105 Å². The Hall–Kier alpha value is -2.92. The van der Waals surface area contributed by atoms with Gasteiger partial charge in [0.25, 0.3) is 0 Å². The van der Waals surface area contributed by atoms with Crippen molar-refractivity contribution in [3.05, 3.63) is 94.5 Å². The summed E-state index contributed by atoms with van der Waals surface area (Å²) in [5.74, 6) is 3.93. The number of benzene rings is 1. The molecular weight excluding hydrogens is 484 g/mol. The van der Waals surface area contributed by atoms with E-state index in [4.69, 9.17) is 4.98 Å². The van der Waals surface area contributed by atoms with E-state index in [-0.39, 0.29) is 6.04 Å². The molecule has 0 bridgehead atoms. The number of hydrogen-bond donors (Lipinski definition) is 3. The molecule has 1 unspecified atom stereocenters. The van der Waals surface area contributed by atoms with Crippen molar-refractivity contribution in [2.75, 3.05) is 16.8 Å². The van der Waals surface area contributed by atoms with Gasteiger partial charge in [-0.2, -0.15) is 11.8 Å². The van der Waals surface area contributed by atoms with E-state index in [1.165, 1.54) is 27.9 Å². The van der Waals surface area contributed by atoms with Crippen LogP contribution in [0.1, 0.15) is 84.2 Å². The highest BCUT2D eigenvalue weighted by atomic mass is 32.2. The third-order valence-corrected chi connectivity index (χ3v) is 7.46. The quantitative estimate of drug-likeness (QED) is 0.135. The lowest BCUT2D eigenvalue weighted by molar-refractivity contribution is 0.822. The topological polar surface area (TPSA) is 56.5 Å². The van der Waals surface area contributed by atoms with Gasteiger partial charge < -0.3 is 15.3 Å². The van der Waals surface area contributed by atoms with Crippen molar-refractivity contribution in [1.29, 1.82) is 0 Å². The van der Waals surface area contributed by atoms with Crippen LogP contribution < -0.4 is 5.32 Å². The number of nitrogens with one attached hydrogen (secondary N) is 3. The first-order valence-corrected chi connectivity index (χ1v) is 15.0. The van der Waals surface area contributed by atoms with E-state index in [1.807, 2.05) is 24.0 Å². The van der Waals surface area contributed by atoms with Crippen molar-refractivity contribution in [2.45, 2.75) is 79.7 Å². The highest BCUT2D eigenvalue weighted by molar-refractivity contribution is 7.99. The van der Waals surface area contributed by atoms with Crippen molar-refractivity contribution in [2.24, 2.45) is 0 Å². The van der Waals surface area contributed by atoms with E-state index < -0.39 is 0 Å². The first-order valence-electron chi connectivity index (χ1n) is 13.8. The molecule has 38 heavy (non-hydrogen) atoms. The predicted molar refractivity (Wildman–Crippen MR) is 169 cm³/mol. The van der Waals surface area contributed by atoms with Gasteiger partial charge in [-0.25, -0.2) is 4.98 Å². The lowest BCUT2D eigenvalue weighted by Crippen LogP contribution is -2.15. The summed E-state index contributed by atoms with van der Waals surface area (Å²) in [6.45, 7) is 13.1. The van der Waals surface area contributed by atoms with Crippen LogP contribution in [0.4, 0.5) is 5.82 Å². The Morgan fingerprint density at radius 1 is 0.974 bits per heavy atom. The van der Waals surface area contributed by atoms with Crippen LogP contribution in [0.5, 0.6) is 0 Å². The highest BCUT2D eigenvalue weighted by Gasteiger charge is 2.16. The molecule has 0 saturated heterocycles. The van der Waals surface area contributed by atoms with Gasteiger partial charge in [0.15, 0.2) is 0 Å². The van der Waals surface area contributed by atoms with E-state index in [1.54, 1.807) is 0 Å². The second-order valence-corrected chi connectivity index (χ2v) is 11.8. The molecule has 0 spiro atoms. The zero-order chi connectivity index (χ0) is 27.3. The molecule has 5 heteroatoms. The average Bonchev–Trinajstić information content (AvgIpc) is 3.49. The monoisotopic (exact) mass is 530 g/mol.